The van der Waals surface area contributed by atoms with Crippen LogP contribution in [0.15, 0.2) is 15.7 Å². The normalized spacial score (nSPS) is 14.9. The van der Waals surface area contributed by atoms with Gasteiger partial charge >= 0.3 is 5.69 Å². The smallest absolute Gasteiger partial charge is 0.329 e. The monoisotopic (exact) mass is 167 g/mol. The van der Waals surface area contributed by atoms with Gasteiger partial charge in [0.2, 0.25) is 0 Å². The van der Waals surface area contributed by atoms with Gasteiger partial charge in [0, 0.05) is 26.2 Å². The lowest BCUT2D eigenvalue weighted by atomic mass is 10.5. The lowest BCUT2D eigenvalue weighted by Gasteiger charge is -2.08. The van der Waals surface area contributed by atoms with Crippen LogP contribution in [0, 0.1) is 0 Å². The van der Waals surface area contributed by atoms with Gasteiger partial charge < -0.3 is 4.90 Å². The van der Waals surface area contributed by atoms with Gasteiger partial charge in [-0.05, 0) is 0 Å². The minimum atomic E-state index is -0.333. The average molecular weight is 167 g/mol. The molecule has 0 bridgehead atoms. The molecule has 0 aromatic carbocycles. The van der Waals surface area contributed by atoms with E-state index in [-0.39, 0.29) is 11.2 Å². The average Bonchev–Trinajstić information content (AvgIpc) is 2.33. The molecule has 2 rings (SSSR count). The van der Waals surface area contributed by atoms with Gasteiger partial charge in [-0.3, -0.25) is 14.3 Å². The molecule has 64 valence electrons. The summed E-state index contributed by atoms with van der Waals surface area (Å²) >= 11 is 0. The summed E-state index contributed by atoms with van der Waals surface area (Å²) < 4.78 is 1.56. The topological polar surface area (TPSA) is 58.1 Å². The Bertz CT molecular complexity index is 417. The molecule has 1 aliphatic rings. The van der Waals surface area contributed by atoms with E-state index in [1.165, 1.54) is 6.07 Å². The first kappa shape index (κ1) is 7.15. The summed E-state index contributed by atoms with van der Waals surface area (Å²) in [6.07, 6.45) is 0. The Morgan fingerprint density at radius 2 is 2.17 bits per heavy atom. The van der Waals surface area contributed by atoms with E-state index >= 15 is 0 Å². The number of hydrogen-bond donors (Lipinski definition) is 1. The van der Waals surface area contributed by atoms with Gasteiger partial charge in [-0.15, -0.1) is 0 Å². The van der Waals surface area contributed by atoms with E-state index in [1.807, 2.05) is 11.9 Å². The van der Waals surface area contributed by atoms with Crippen molar-refractivity contribution in [2.75, 3.05) is 18.5 Å². The van der Waals surface area contributed by atoms with Crippen LogP contribution in [0.2, 0.25) is 0 Å². The van der Waals surface area contributed by atoms with E-state index in [9.17, 15) is 9.59 Å². The predicted molar refractivity (Wildman–Crippen MR) is 44.6 cm³/mol. The molecule has 1 aromatic heterocycles. The molecule has 12 heavy (non-hydrogen) atoms. The van der Waals surface area contributed by atoms with Crippen molar-refractivity contribution in [2.24, 2.45) is 0 Å². The molecular weight excluding hydrogens is 158 g/mol. The number of aromatic amines is 1. The first-order valence-electron chi connectivity index (χ1n) is 3.74. The zero-order chi connectivity index (χ0) is 8.72. The summed E-state index contributed by atoms with van der Waals surface area (Å²) in [5, 5.41) is 0. The number of hydrogen-bond acceptors (Lipinski definition) is 3. The van der Waals surface area contributed by atoms with Crippen molar-refractivity contribution in [3.05, 3.63) is 26.9 Å². The van der Waals surface area contributed by atoms with Crippen LogP contribution in [-0.4, -0.2) is 23.1 Å². The standard InChI is InChI=1S/C7H9N3O2/c1-9-2-3-10-6(9)4-5(11)8-7(10)12/h4H,2-3H2,1H3,(H,8,11,12). The summed E-state index contributed by atoms with van der Waals surface area (Å²) in [5.41, 5.74) is -0.651. The molecule has 1 aromatic rings. The third kappa shape index (κ3) is 0.861. The Morgan fingerprint density at radius 1 is 1.42 bits per heavy atom. The molecule has 1 aliphatic heterocycles. The third-order valence-corrected chi connectivity index (χ3v) is 2.06. The first-order chi connectivity index (χ1) is 5.68. The molecule has 5 nitrogen and oxygen atoms in total. The van der Waals surface area contributed by atoms with E-state index in [2.05, 4.69) is 4.98 Å². The maximum Gasteiger partial charge on any atom is 0.329 e. The molecule has 2 heterocycles. The Kier molecular flexibility index (Phi) is 1.33. The van der Waals surface area contributed by atoms with Crippen LogP contribution in [0.3, 0.4) is 0 Å². The molecule has 5 heteroatoms. The van der Waals surface area contributed by atoms with Crippen molar-refractivity contribution in [1.82, 2.24) is 9.55 Å². The van der Waals surface area contributed by atoms with Crippen LogP contribution in [0.1, 0.15) is 0 Å². The number of aromatic nitrogens is 2. The van der Waals surface area contributed by atoms with Gasteiger partial charge in [-0.1, -0.05) is 0 Å². The fraction of sp³-hybridized carbons (Fsp3) is 0.429. The van der Waals surface area contributed by atoms with Gasteiger partial charge in [0.05, 0.1) is 0 Å². The maximum absolute atomic E-state index is 11.2. The Balaban J connectivity index is 2.77. The maximum atomic E-state index is 11.2. The lowest BCUT2D eigenvalue weighted by Crippen LogP contribution is -2.28. The third-order valence-electron chi connectivity index (χ3n) is 2.06. The second-order valence-corrected chi connectivity index (χ2v) is 2.87. The van der Waals surface area contributed by atoms with E-state index in [1.54, 1.807) is 4.57 Å². The summed E-state index contributed by atoms with van der Waals surface area (Å²) in [7, 11) is 1.86. The Labute approximate surface area is 68.3 Å². The summed E-state index contributed by atoms with van der Waals surface area (Å²) in [4.78, 5) is 26.2. The second kappa shape index (κ2) is 2.23. The van der Waals surface area contributed by atoms with Gasteiger partial charge in [0.15, 0.2) is 0 Å². The fourth-order valence-electron chi connectivity index (χ4n) is 1.41. The van der Waals surface area contributed by atoms with Crippen molar-refractivity contribution >= 4 is 5.82 Å². The minimum Gasteiger partial charge on any atom is -0.359 e. The Hall–Kier alpha value is -1.52. The molecule has 0 unspecified atom stereocenters. The molecule has 0 atom stereocenters. The van der Waals surface area contributed by atoms with Crippen molar-refractivity contribution in [1.29, 1.82) is 0 Å². The lowest BCUT2D eigenvalue weighted by molar-refractivity contribution is 0.732. The Morgan fingerprint density at radius 3 is 2.92 bits per heavy atom. The summed E-state index contributed by atoms with van der Waals surface area (Å²) in [6.45, 7) is 1.44. The van der Waals surface area contributed by atoms with Crippen LogP contribution in [-0.2, 0) is 6.54 Å². The van der Waals surface area contributed by atoms with Crippen molar-refractivity contribution in [3.63, 3.8) is 0 Å². The largest absolute Gasteiger partial charge is 0.359 e. The molecule has 0 fully saturated rings. The van der Waals surface area contributed by atoms with Crippen LogP contribution in [0.5, 0.6) is 0 Å². The zero-order valence-electron chi connectivity index (χ0n) is 6.70. The molecule has 1 N–H and O–H groups in total. The van der Waals surface area contributed by atoms with Gasteiger partial charge in [0.25, 0.3) is 5.56 Å². The molecule has 0 amide bonds. The van der Waals surface area contributed by atoms with Gasteiger partial charge in [0.1, 0.15) is 5.82 Å². The quantitative estimate of drug-likeness (QED) is 0.538. The SMILES string of the molecule is CN1CCn2c1cc(=O)[nH]c2=O. The number of likely N-dealkylation sites (N-methyl/N-ethyl adjacent to an activating group) is 1. The van der Waals surface area contributed by atoms with Crippen molar-refractivity contribution in [2.45, 2.75) is 6.54 Å². The summed E-state index contributed by atoms with van der Waals surface area (Å²) in [5.74, 6) is 0.698. The fourth-order valence-corrected chi connectivity index (χ4v) is 1.41. The molecule has 0 spiro atoms. The highest BCUT2D eigenvalue weighted by molar-refractivity contribution is 5.39. The second-order valence-electron chi connectivity index (χ2n) is 2.87. The number of anilines is 1. The molecule has 0 aliphatic carbocycles. The van der Waals surface area contributed by atoms with Crippen molar-refractivity contribution in [3.8, 4) is 0 Å². The highest BCUT2D eigenvalue weighted by Gasteiger charge is 2.16. The first-order valence-corrected chi connectivity index (χ1v) is 3.74. The van der Waals surface area contributed by atoms with E-state index in [4.69, 9.17) is 0 Å². The molecule has 0 saturated heterocycles. The van der Waals surface area contributed by atoms with Gasteiger partial charge in [-0.2, -0.15) is 0 Å². The van der Waals surface area contributed by atoms with Crippen LogP contribution in [0.25, 0.3) is 0 Å². The number of nitrogens with zero attached hydrogens (tertiary/aromatic N) is 2. The minimum absolute atomic E-state index is 0.318. The number of fused-ring (bicyclic) bond motifs is 1. The number of rotatable bonds is 0. The molecule has 0 radical (unpaired) electrons. The van der Waals surface area contributed by atoms with E-state index in [0.717, 1.165) is 6.54 Å². The van der Waals surface area contributed by atoms with Crippen LogP contribution in [0.4, 0.5) is 5.82 Å². The number of nitrogens with one attached hydrogen (secondary N) is 1. The highest BCUT2D eigenvalue weighted by atomic mass is 16.2. The molecular formula is C7H9N3O2. The van der Waals surface area contributed by atoms with Crippen LogP contribution < -0.4 is 16.1 Å². The number of H-pyrrole nitrogens is 1. The van der Waals surface area contributed by atoms with E-state index < -0.39 is 0 Å². The van der Waals surface area contributed by atoms with E-state index in [0.29, 0.717) is 12.4 Å². The van der Waals surface area contributed by atoms with Gasteiger partial charge in [-0.25, -0.2) is 4.79 Å². The molecule has 0 saturated carbocycles. The van der Waals surface area contributed by atoms with Crippen LogP contribution >= 0.6 is 0 Å². The van der Waals surface area contributed by atoms with Crippen molar-refractivity contribution < 1.29 is 0 Å². The highest BCUT2D eigenvalue weighted by Crippen LogP contribution is 2.12. The zero-order valence-corrected chi connectivity index (χ0v) is 6.70. The summed E-state index contributed by atoms with van der Waals surface area (Å²) in [6, 6.07) is 1.44. The predicted octanol–water partition coefficient (Wildman–Crippen LogP) is -1.01.